The second-order valence-corrected chi connectivity index (χ2v) is 17.2. The number of hydrogen-bond acceptors (Lipinski definition) is 6. The molecule has 0 amide bonds. The Morgan fingerprint density at radius 2 is 1.00 bits per heavy atom. The number of rotatable bonds is 40. The highest BCUT2D eigenvalue weighted by Crippen LogP contribution is 2.43. The lowest BCUT2D eigenvalue weighted by Crippen LogP contribution is -2.37. The van der Waals surface area contributed by atoms with Gasteiger partial charge in [-0.3, -0.25) is 13.8 Å². The molecule has 0 saturated carbocycles. The fourth-order valence-corrected chi connectivity index (χ4v) is 6.58. The first-order valence-corrected chi connectivity index (χ1v) is 23.1. The number of phosphoric ester groups is 1. The maximum absolute atomic E-state index is 12.6. The highest BCUT2D eigenvalue weighted by molar-refractivity contribution is 7.47. The molecule has 0 fully saturated rings. The zero-order chi connectivity index (χ0) is 38.4. The predicted molar refractivity (Wildman–Crippen MR) is 220 cm³/mol. The van der Waals surface area contributed by atoms with E-state index < -0.39 is 13.9 Å². The highest BCUT2D eigenvalue weighted by atomic mass is 31.2. The van der Waals surface area contributed by atoms with Gasteiger partial charge in [0.15, 0.2) is 0 Å². The summed E-state index contributed by atoms with van der Waals surface area (Å²) in [4.78, 5) is 22.8. The van der Waals surface area contributed by atoms with E-state index in [0.29, 0.717) is 24.1 Å². The van der Waals surface area contributed by atoms with Crippen molar-refractivity contribution >= 4 is 13.8 Å². The van der Waals surface area contributed by atoms with Crippen molar-refractivity contribution in [3.63, 3.8) is 0 Å². The molecule has 308 valence electrons. The summed E-state index contributed by atoms with van der Waals surface area (Å²) in [7, 11) is 1.66. The summed E-state index contributed by atoms with van der Waals surface area (Å²) in [6, 6.07) is 0. The molecule has 0 aromatic rings. The number of phosphoric acid groups is 1. The van der Waals surface area contributed by atoms with E-state index in [-0.39, 0.29) is 25.8 Å². The maximum Gasteiger partial charge on any atom is 0.472 e. The van der Waals surface area contributed by atoms with Crippen molar-refractivity contribution < 1.29 is 37.3 Å². The molecule has 0 radical (unpaired) electrons. The van der Waals surface area contributed by atoms with Crippen molar-refractivity contribution in [3.8, 4) is 0 Å². The van der Waals surface area contributed by atoms with Crippen LogP contribution in [-0.4, -0.2) is 75.6 Å². The summed E-state index contributed by atoms with van der Waals surface area (Å²) in [6.07, 6.45) is 40.6. The first-order chi connectivity index (χ1) is 25.1. The van der Waals surface area contributed by atoms with Gasteiger partial charge in [0.25, 0.3) is 0 Å². The Morgan fingerprint density at radius 1 is 0.577 bits per heavy atom. The van der Waals surface area contributed by atoms with E-state index in [1.807, 2.05) is 21.1 Å². The predicted octanol–water partition coefficient (Wildman–Crippen LogP) is 12.4. The van der Waals surface area contributed by atoms with Crippen molar-refractivity contribution in [2.45, 2.75) is 193 Å². The van der Waals surface area contributed by atoms with Crippen LogP contribution >= 0.6 is 7.82 Å². The minimum atomic E-state index is -4.27. The number of ether oxygens (including phenoxy) is 2. The summed E-state index contributed by atoms with van der Waals surface area (Å²) >= 11 is 0. The Kier molecular flexibility index (Phi) is 36.2. The summed E-state index contributed by atoms with van der Waals surface area (Å²) < 4.78 is 34.9. The second kappa shape index (κ2) is 36.9. The van der Waals surface area contributed by atoms with Gasteiger partial charge in [-0.15, -0.1) is 0 Å². The highest BCUT2D eigenvalue weighted by Gasteiger charge is 2.26. The Hall–Kier alpha value is -1.02. The van der Waals surface area contributed by atoms with Crippen LogP contribution in [0.1, 0.15) is 187 Å². The maximum atomic E-state index is 12.6. The van der Waals surface area contributed by atoms with Crippen molar-refractivity contribution in [1.29, 1.82) is 0 Å². The number of likely N-dealkylation sites (N-methyl/N-ethyl adjacent to an activating group) is 1. The molecule has 0 saturated heterocycles. The molecule has 9 heteroatoms. The molecule has 8 nitrogen and oxygen atoms in total. The van der Waals surface area contributed by atoms with Gasteiger partial charge in [-0.25, -0.2) is 4.57 Å². The van der Waals surface area contributed by atoms with Crippen molar-refractivity contribution in [2.24, 2.45) is 0 Å². The summed E-state index contributed by atoms with van der Waals surface area (Å²) in [6.45, 7) is 5.59. The van der Waals surface area contributed by atoms with E-state index in [0.717, 1.165) is 44.9 Å². The van der Waals surface area contributed by atoms with Gasteiger partial charge in [-0.2, -0.15) is 0 Å². The van der Waals surface area contributed by atoms with Crippen LogP contribution in [0, 0.1) is 0 Å². The van der Waals surface area contributed by atoms with Crippen molar-refractivity contribution in [1.82, 2.24) is 0 Å². The van der Waals surface area contributed by atoms with E-state index in [1.165, 1.54) is 122 Å². The molecule has 0 spiro atoms. The van der Waals surface area contributed by atoms with Crippen LogP contribution in [0.5, 0.6) is 0 Å². The summed E-state index contributed by atoms with van der Waals surface area (Å²) in [5.74, 6) is -0.324. The Balaban J connectivity index is 4.21. The van der Waals surface area contributed by atoms with Gasteiger partial charge >= 0.3 is 13.8 Å². The van der Waals surface area contributed by atoms with Crippen LogP contribution in [0.15, 0.2) is 24.3 Å². The second-order valence-electron chi connectivity index (χ2n) is 15.7. The quantitative estimate of drug-likeness (QED) is 0.0219. The molecule has 0 bridgehead atoms. The molecule has 0 rings (SSSR count). The Labute approximate surface area is 322 Å². The van der Waals surface area contributed by atoms with Crippen LogP contribution in [0.25, 0.3) is 0 Å². The van der Waals surface area contributed by atoms with Crippen LogP contribution in [0.2, 0.25) is 0 Å². The third-order valence-electron chi connectivity index (χ3n) is 9.24. The van der Waals surface area contributed by atoms with E-state index in [1.54, 1.807) is 0 Å². The average molecular weight is 759 g/mol. The van der Waals surface area contributed by atoms with Gasteiger partial charge in [0, 0.05) is 13.0 Å². The molecule has 0 aromatic carbocycles. The van der Waals surface area contributed by atoms with Gasteiger partial charge in [-0.05, 0) is 64.2 Å². The molecule has 0 heterocycles. The third kappa shape index (κ3) is 40.2. The molecule has 52 heavy (non-hydrogen) atoms. The lowest BCUT2D eigenvalue weighted by atomic mass is 10.1. The minimum absolute atomic E-state index is 0.0875. The normalized spacial score (nSPS) is 14.0. The van der Waals surface area contributed by atoms with E-state index in [9.17, 15) is 14.3 Å². The van der Waals surface area contributed by atoms with Crippen LogP contribution < -0.4 is 0 Å². The number of quaternary nitrogens is 1. The third-order valence-corrected chi connectivity index (χ3v) is 10.2. The van der Waals surface area contributed by atoms with E-state index in [2.05, 4.69) is 38.2 Å². The zero-order valence-corrected chi connectivity index (χ0v) is 35.7. The summed E-state index contributed by atoms with van der Waals surface area (Å²) in [5.41, 5.74) is 0. The van der Waals surface area contributed by atoms with Gasteiger partial charge in [0.2, 0.25) is 0 Å². The fourth-order valence-electron chi connectivity index (χ4n) is 5.84. The van der Waals surface area contributed by atoms with Gasteiger partial charge in [-0.1, -0.05) is 141 Å². The molecule has 1 N–H and O–H groups in total. The SMILES string of the molecule is CCCCC/C=C\CCCCCCCC(=O)OC(COCCCCCCCCCC/C=C\CCCCCCCC)COP(=O)(O)OCC[N+](C)(C)C. The number of hydrogen-bond donors (Lipinski definition) is 1. The molecule has 2 atom stereocenters. The van der Waals surface area contributed by atoms with E-state index >= 15 is 0 Å². The first-order valence-electron chi connectivity index (χ1n) is 21.6. The summed E-state index contributed by atoms with van der Waals surface area (Å²) in [5, 5.41) is 0. The zero-order valence-electron chi connectivity index (χ0n) is 34.8. The molecule has 2 unspecified atom stereocenters. The van der Waals surface area contributed by atoms with E-state index in [4.69, 9.17) is 18.5 Å². The number of unbranched alkanes of at least 4 members (excludes halogenated alkanes) is 22. The van der Waals surface area contributed by atoms with Gasteiger partial charge in [0.05, 0.1) is 34.4 Å². The van der Waals surface area contributed by atoms with Crippen molar-refractivity contribution in [3.05, 3.63) is 24.3 Å². The lowest BCUT2D eigenvalue weighted by molar-refractivity contribution is -0.870. The fraction of sp³-hybridized carbons (Fsp3) is 0.884. The van der Waals surface area contributed by atoms with Gasteiger partial charge < -0.3 is 18.9 Å². The monoisotopic (exact) mass is 759 g/mol. The minimum Gasteiger partial charge on any atom is -0.457 e. The Bertz CT molecular complexity index is 889. The van der Waals surface area contributed by atoms with Crippen molar-refractivity contribution in [2.75, 3.05) is 54.1 Å². The van der Waals surface area contributed by atoms with Crippen LogP contribution in [0.4, 0.5) is 0 Å². The molecular formula is C43H85NO7P+. The number of carbonyl (C=O) groups is 1. The van der Waals surface area contributed by atoms with Crippen LogP contribution in [-0.2, 0) is 27.9 Å². The topological polar surface area (TPSA) is 91.3 Å². The molecule has 0 aliphatic heterocycles. The number of carbonyl (C=O) groups excluding carboxylic acids is 1. The average Bonchev–Trinajstić information content (AvgIpc) is 3.09. The first kappa shape index (κ1) is 51.0. The number of nitrogens with zero attached hydrogens (tertiary/aromatic N) is 1. The number of esters is 1. The molecule has 0 aliphatic carbocycles. The molecular weight excluding hydrogens is 673 g/mol. The smallest absolute Gasteiger partial charge is 0.457 e. The van der Waals surface area contributed by atoms with Gasteiger partial charge in [0.1, 0.15) is 19.3 Å². The molecule has 0 aromatic heterocycles. The molecule has 0 aliphatic rings. The lowest BCUT2D eigenvalue weighted by Gasteiger charge is -2.24. The van der Waals surface area contributed by atoms with Crippen LogP contribution in [0.3, 0.4) is 0 Å². The Morgan fingerprint density at radius 3 is 1.50 bits per heavy atom. The number of allylic oxidation sites excluding steroid dienone is 4. The largest absolute Gasteiger partial charge is 0.472 e. The standard InChI is InChI=1S/C43H84NO7P/c1-6-8-10-12-14-16-18-20-21-22-23-24-25-27-29-31-33-35-38-48-40-42(41-50-52(46,47)49-39-37-44(3,4)5)51-43(45)36-34-32-30-28-26-19-17-15-13-11-9-7-2/h15,17,20-21,42H,6-14,16,18-19,22-41H2,1-5H3/p+1/b17-15-,21-20-.